The molecule has 0 saturated carbocycles. The molecule has 0 radical (unpaired) electrons. The van der Waals surface area contributed by atoms with Crippen LogP contribution in [0.2, 0.25) is 0 Å². The first-order chi connectivity index (χ1) is 13.2. The van der Waals surface area contributed by atoms with Crippen molar-refractivity contribution in [1.29, 1.82) is 0 Å². The number of nitrogens with one attached hydrogen (secondary N) is 1. The lowest BCUT2D eigenvalue weighted by Gasteiger charge is -2.03. The van der Waals surface area contributed by atoms with Crippen molar-refractivity contribution in [3.05, 3.63) is 53.3 Å². The molecule has 0 spiro atoms. The van der Waals surface area contributed by atoms with Crippen LogP contribution >= 0.6 is 0 Å². The zero-order valence-electron chi connectivity index (χ0n) is 14.5. The van der Waals surface area contributed by atoms with Crippen LogP contribution < -0.4 is 5.73 Å². The number of fused-ring (bicyclic) bond motifs is 2. The highest BCUT2D eigenvalue weighted by atomic mass is 15.4. The Labute approximate surface area is 153 Å². The van der Waals surface area contributed by atoms with Crippen LogP contribution in [0.3, 0.4) is 0 Å². The molecule has 4 aromatic heterocycles. The van der Waals surface area contributed by atoms with Crippen LogP contribution in [0.4, 0.5) is 5.82 Å². The number of hydrogen-bond donors (Lipinski definition) is 2. The maximum Gasteiger partial charge on any atom is 0.178 e. The van der Waals surface area contributed by atoms with Crippen LogP contribution in [0.5, 0.6) is 0 Å². The Hall–Kier alpha value is -3.82. The number of H-pyrrole nitrogens is 1. The molecule has 0 unspecified atom stereocenters. The van der Waals surface area contributed by atoms with E-state index in [2.05, 4.69) is 41.9 Å². The van der Waals surface area contributed by atoms with Gasteiger partial charge in [-0.25, -0.2) is 14.8 Å². The molecule has 0 aliphatic heterocycles. The molecule has 0 bridgehead atoms. The molecular formula is C17H16N10. The highest BCUT2D eigenvalue weighted by molar-refractivity contribution is 5.76. The van der Waals surface area contributed by atoms with Crippen molar-refractivity contribution in [2.75, 3.05) is 5.73 Å². The summed E-state index contributed by atoms with van der Waals surface area (Å²) in [7, 11) is 1.88. The minimum atomic E-state index is 0.438. The monoisotopic (exact) mass is 360 g/mol. The lowest BCUT2D eigenvalue weighted by Crippen LogP contribution is -2.00. The lowest BCUT2D eigenvalue weighted by atomic mass is 10.1. The number of hydrogen-bond acceptors (Lipinski definition) is 7. The molecule has 0 saturated heterocycles. The fourth-order valence-electron chi connectivity index (χ4n) is 3.24. The molecule has 10 heteroatoms. The number of pyridine rings is 1. The van der Waals surface area contributed by atoms with E-state index in [1.165, 1.54) is 0 Å². The van der Waals surface area contributed by atoms with Gasteiger partial charge in [0.25, 0.3) is 0 Å². The van der Waals surface area contributed by atoms with Gasteiger partial charge in [0.05, 0.1) is 18.3 Å². The Morgan fingerprint density at radius 3 is 3.00 bits per heavy atom. The Balaban J connectivity index is 1.39. The van der Waals surface area contributed by atoms with Crippen molar-refractivity contribution in [2.24, 2.45) is 7.05 Å². The number of aromatic nitrogens is 9. The molecule has 5 aromatic rings. The Morgan fingerprint density at radius 1 is 1.15 bits per heavy atom. The Kier molecular flexibility index (Phi) is 3.35. The van der Waals surface area contributed by atoms with Crippen molar-refractivity contribution < 1.29 is 0 Å². The molecule has 4 heterocycles. The summed E-state index contributed by atoms with van der Waals surface area (Å²) < 4.78 is 3.66. The molecule has 134 valence electrons. The van der Waals surface area contributed by atoms with Gasteiger partial charge in [-0.15, -0.1) is 10.2 Å². The van der Waals surface area contributed by atoms with Gasteiger partial charge in [-0.3, -0.25) is 4.68 Å². The molecule has 27 heavy (non-hydrogen) atoms. The largest absolute Gasteiger partial charge is 0.384 e. The van der Waals surface area contributed by atoms with Crippen LogP contribution in [0.25, 0.3) is 22.2 Å². The Bertz CT molecular complexity index is 1260. The summed E-state index contributed by atoms with van der Waals surface area (Å²) in [6.07, 6.45) is 4.52. The van der Waals surface area contributed by atoms with Gasteiger partial charge in [0.15, 0.2) is 5.65 Å². The molecule has 1 aromatic carbocycles. The van der Waals surface area contributed by atoms with Gasteiger partial charge in [0, 0.05) is 19.7 Å². The average Bonchev–Trinajstić information content (AvgIpc) is 3.36. The number of nitrogens with zero attached hydrogens (tertiary/aromatic N) is 8. The van der Waals surface area contributed by atoms with Gasteiger partial charge in [0.1, 0.15) is 16.9 Å². The van der Waals surface area contributed by atoms with Gasteiger partial charge in [0.2, 0.25) is 0 Å². The van der Waals surface area contributed by atoms with E-state index in [9.17, 15) is 0 Å². The second-order valence-corrected chi connectivity index (χ2v) is 6.47. The van der Waals surface area contributed by atoms with Crippen molar-refractivity contribution in [3.8, 4) is 0 Å². The summed E-state index contributed by atoms with van der Waals surface area (Å²) in [5.74, 6) is 0.438. The van der Waals surface area contributed by atoms with Gasteiger partial charge in [-0.05, 0) is 34.9 Å². The van der Waals surface area contributed by atoms with E-state index >= 15 is 0 Å². The highest BCUT2D eigenvalue weighted by Crippen LogP contribution is 2.19. The van der Waals surface area contributed by atoms with Crippen molar-refractivity contribution in [2.45, 2.75) is 13.0 Å². The Morgan fingerprint density at radius 2 is 2.07 bits per heavy atom. The molecule has 0 amide bonds. The number of aryl methyl sites for hydroxylation is 1. The molecule has 10 nitrogen and oxygen atoms in total. The second-order valence-electron chi connectivity index (χ2n) is 6.47. The first kappa shape index (κ1) is 15.4. The van der Waals surface area contributed by atoms with Crippen molar-refractivity contribution in [3.63, 3.8) is 0 Å². The van der Waals surface area contributed by atoms with E-state index in [1.54, 1.807) is 4.68 Å². The fraction of sp³-hybridized carbons (Fsp3) is 0.176. The zero-order valence-corrected chi connectivity index (χ0v) is 14.5. The second kappa shape index (κ2) is 5.87. The summed E-state index contributed by atoms with van der Waals surface area (Å²) in [6.45, 7) is 0.657. The first-order valence-electron chi connectivity index (χ1n) is 8.41. The topological polar surface area (TPSA) is 129 Å². The van der Waals surface area contributed by atoms with Gasteiger partial charge in [-0.2, -0.15) is 5.10 Å². The van der Waals surface area contributed by atoms with E-state index < -0.39 is 0 Å². The number of aromatic amines is 1. The van der Waals surface area contributed by atoms with Crippen LogP contribution in [-0.2, 0) is 20.0 Å². The SMILES string of the molecule is Cn1nnc2cc(Cn3cc(Cc4cc(N)nc5[nH]nnc45)cn3)ccc21. The third-order valence-electron chi connectivity index (χ3n) is 4.50. The summed E-state index contributed by atoms with van der Waals surface area (Å²) in [5, 5.41) is 23.3. The molecule has 5 rings (SSSR count). The fourth-order valence-corrected chi connectivity index (χ4v) is 3.24. The van der Waals surface area contributed by atoms with Gasteiger partial charge in [-0.1, -0.05) is 16.5 Å². The standard InChI is InChI=1S/C17H16N10/c1-26-14-3-2-10(5-13(14)21-25-26)8-27-9-11(7-19-27)4-12-6-15(18)20-17-16(12)22-24-23-17/h2-3,5-7,9H,4,8H2,1H3,(H3,18,20,22,23,24). The number of nitrogen functional groups attached to an aromatic ring is 1. The maximum atomic E-state index is 5.87. The third-order valence-corrected chi connectivity index (χ3v) is 4.50. The zero-order chi connectivity index (χ0) is 18.4. The molecular weight excluding hydrogens is 344 g/mol. The molecule has 0 atom stereocenters. The van der Waals surface area contributed by atoms with Crippen molar-refractivity contribution >= 4 is 28.0 Å². The van der Waals surface area contributed by atoms with E-state index in [-0.39, 0.29) is 0 Å². The van der Waals surface area contributed by atoms with Crippen LogP contribution in [-0.4, -0.2) is 45.2 Å². The van der Waals surface area contributed by atoms with Crippen LogP contribution in [0, 0.1) is 0 Å². The summed E-state index contributed by atoms with van der Waals surface area (Å²) >= 11 is 0. The smallest absolute Gasteiger partial charge is 0.178 e. The van der Waals surface area contributed by atoms with Gasteiger partial charge < -0.3 is 5.73 Å². The minimum absolute atomic E-state index is 0.438. The van der Waals surface area contributed by atoms with E-state index in [0.717, 1.165) is 33.2 Å². The molecule has 0 aliphatic carbocycles. The lowest BCUT2D eigenvalue weighted by molar-refractivity contribution is 0.687. The number of nitrogens with two attached hydrogens (primary N) is 1. The summed E-state index contributed by atoms with van der Waals surface area (Å²) in [5.41, 5.74) is 12.2. The normalized spacial score (nSPS) is 11.6. The van der Waals surface area contributed by atoms with E-state index in [1.807, 2.05) is 42.3 Å². The van der Waals surface area contributed by atoms with Gasteiger partial charge >= 0.3 is 0 Å². The van der Waals surface area contributed by atoms with Crippen LogP contribution in [0.1, 0.15) is 16.7 Å². The quantitative estimate of drug-likeness (QED) is 0.490. The first-order valence-corrected chi connectivity index (χ1v) is 8.41. The predicted octanol–water partition coefficient (Wildman–Crippen LogP) is 1.05. The summed E-state index contributed by atoms with van der Waals surface area (Å²) in [6, 6.07) is 7.95. The van der Waals surface area contributed by atoms with E-state index in [4.69, 9.17) is 5.73 Å². The average molecular weight is 360 g/mol. The van der Waals surface area contributed by atoms with E-state index in [0.29, 0.717) is 24.4 Å². The van der Waals surface area contributed by atoms with Crippen LogP contribution in [0.15, 0.2) is 36.7 Å². The summed E-state index contributed by atoms with van der Waals surface area (Å²) in [4.78, 5) is 4.19. The maximum absolute atomic E-state index is 5.87. The highest BCUT2D eigenvalue weighted by Gasteiger charge is 2.10. The number of anilines is 1. The molecule has 3 N–H and O–H groups in total. The van der Waals surface area contributed by atoms with Crippen molar-refractivity contribution in [1.82, 2.24) is 45.2 Å². The number of benzene rings is 1. The predicted molar refractivity (Wildman–Crippen MR) is 98.7 cm³/mol. The minimum Gasteiger partial charge on any atom is -0.384 e. The number of rotatable bonds is 4. The molecule has 0 fully saturated rings. The molecule has 0 aliphatic rings. The third kappa shape index (κ3) is 2.76.